The number of benzene rings is 1. The largest absolute Gasteiger partial charge is 0.193 e. The minimum Gasteiger partial charge on any atom is -0.193 e. The number of rotatable bonds is 1. The second-order valence-electron chi connectivity index (χ2n) is 2.10. The predicted octanol–water partition coefficient (Wildman–Crippen LogP) is 3.64. The fraction of sp³-hybridized carbons (Fsp3) is 0. The zero-order valence-electron chi connectivity index (χ0n) is 6.09. The van der Waals surface area contributed by atoms with Gasteiger partial charge in [0.2, 0.25) is 0 Å². The van der Waals surface area contributed by atoms with Crippen LogP contribution in [0.3, 0.4) is 0 Å². The monoisotopic (exact) mass is 241 g/mol. The fourth-order valence-electron chi connectivity index (χ4n) is 0.791. The van der Waals surface area contributed by atoms with Crippen molar-refractivity contribution in [1.29, 1.82) is 5.26 Å². The highest BCUT2D eigenvalue weighted by molar-refractivity contribution is 9.10. The molecule has 1 nitrogen and oxygen atoms in total. The van der Waals surface area contributed by atoms with Gasteiger partial charge in [-0.1, -0.05) is 33.6 Å². The number of nitriles is 1. The molecule has 0 saturated heterocycles. The molecule has 1 aromatic carbocycles. The van der Waals surface area contributed by atoms with Crippen LogP contribution in [0.2, 0.25) is 5.02 Å². The Kier molecular flexibility index (Phi) is 3.33. The molecule has 1 aromatic rings. The Hall–Kier alpha value is -0.780. The number of halogens is 2. The summed E-state index contributed by atoms with van der Waals surface area (Å²) in [6, 6.07) is 7.41. The molecule has 0 heterocycles. The van der Waals surface area contributed by atoms with Gasteiger partial charge in [-0.2, -0.15) is 5.26 Å². The third kappa shape index (κ3) is 2.10. The fourth-order valence-corrected chi connectivity index (χ4v) is 1.64. The predicted molar refractivity (Wildman–Crippen MR) is 53.8 cm³/mol. The van der Waals surface area contributed by atoms with Crippen LogP contribution in [0.25, 0.3) is 6.08 Å². The average Bonchev–Trinajstić information content (AvgIpc) is 2.04. The molecule has 0 aliphatic heterocycles. The molecule has 0 aliphatic rings. The quantitative estimate of drug-likeness (QED) is 0.690. The first kappa shape index (κ1) is 9.31. The van der Waals surface area contributed by atoms with Crippen molar-refractivity contribution in [2.45, 2.75) is 0 Å². The first-order valence-corrected chi connectivity index (χ1v) is 4.43. The lowest BCUT2D eigenvalue weighted by Gasteiger charge is -1.99. The lowest BCUT2D eigenvalue weighted by molar-refractivity contribution is 1.53. The van der Waals surface area contributed by atoms with Crippen molar-refractivity contribution in [2.24, 2.45) is 0 Å². The molecule has 0 N–H and O–H groups in total. The maximum absolute atomic E-state index is 8.31. The SMILES string of the molecule is N#CC=Cc1c(Cl)cccc1Br. The van der Waals surface area contributed by atoms with Crippen molar-refractivity contribution in [3.8, 4) is 6.07 Å². The standard InChI is InChI=1S/C9H5BrClN/c10-8-4-1-5-9(11)7(8)3-2-6-12/h1-5H. The molecule has 0 radical (unpaired) electrons. The van der Waals surface area contributed by atoms with E-state index in [0.29, 0.717) is 5.02 Å². The summed E-state index contributed by atoms with van der Waals surface area (Å²) in [6.45, 7) is 0. The molecule has 0 amide bonds. The van der Waals surface area contributed by atoms with Gasteiger partial charge in [0.05, 0.1) is 6.07 Å². The summed E-state index contributed by atoms with van der Waals surface area (Å²) in [5.74, 6) is 0. The number of hydrogen-bond donors (Lipinski definition) is 0. The summed E-state index contributed by atoms with van der Waals surface area (Å²) >= 11 is 9.21. The van der Waals surface area contributed by atoms with Crippen LogP contribution in [0.1, 0.15) is 5.56 Å². The Balaban J connectivity index is 3.15. The van der Waals surface area contributed by atoms with Gasteiger partial charge in [-0.25, -0.2) is 0 Å². The summed E-state index contributed by atoms with van der Waals surface area (Å²) in [6.07, 6.45) is 3.07. The molecular formula is C9H5BrClN. The van der Waals surface area contributed by atoms with Crippen molar-refractivity contribution in [3.05, 3.63) is 39.3 Å². The molecule has 0 unspecified atom stereocenters. The Morgan fingerprint density at radius 3 is 2.83 bits per heavy atom. The second-order valence-corrected chi connectivity index (χ2v) is 3.36. The van der Waals surface area contributed by atoms with Crippen LogP contribution in [0.5, 0.6) is 0 Å². The van der Waals surface area contributed by atoms with Gasteiger partial charge in [-0.15, -0.1) is 0 Å². The lowest BCUT2D eigenvalue weighted by atomic mass is 10.2. The summed E-state index contributed by atoms with van der Waals surface area (Å²) < 4.78 is 0.890. The van der Waals surface area contributed by atoms with E-state index in [9.17, 15) is 0 Å². The molecule has 0 spiro atoms. The Morgan fingerprint density at radius 1 is 1.50 bits per heavy atom. The minimum atomic E-state index is 0.635. The van der Waals surface area contributed by atoms with Gasteiger partial charge in [0, 0.05) is 21.1 Å². The summed E-state index contributed by atoms with van der Waals surface area (Å²) in [4.78, 5) is 0. The molecule has 0 saturated carbocycles. The van der Waals surface area contributed by atoms with E-state index in [2.05, 4.69) is 15.9 Å². The van der Waals surface area contributed by atoms with Crippen LogP contribution < -0.4 is 0 Å². The smallest absolute Gasteiger partial charge is 0.0912 e. The van der Waals surface area contributed by atoms with E-state index in [4.69, 9.17) is 16.9 Å². The molecule has 0 bridgehead atoms. The Morgan fingerprint density at radius 2 is 2.25 bits per heavy atom. The molecule has 0 aliphatic carbocycles. The van der Waals surface area contributed by atoms with Crippen molar-refractivity contribution in [3.63, 3.8) is 0 Å². The summed E-state index contributed by atoms with van der Waals surface area (Å²) in [7, 11) is 0. The van der Waals surface area contributed by atoms with Crippen LogP contribution in [0, 0.1) is 11.3 Å². The lowest BCUT2D eigenvalue weighted by Crippen LogP contribution is -1.76. The van der Waals surface area contributed by atoms with E-state index in [1.54, 1.807) is 12.1 Å². The summed E-state index contributed by atoms with van der Waals surface area (Å²) in [5.41, 5.74) is 0.834. The topological polar surface area (TPSA) is 23.8 Å². The highest BCUT2D eigenvalue weighted by Gasteiger charge is 1.99. The van der Waals surface area contributed by atoms with Gasteiger partial charge in [0.15, 0.2) is 0 Å². The molecule has 60 valence electrons. The van der Waals surface area contributed by atoms with E-state index in [1.165, 1.54) is 6.08 Å². The average molecular weight is 243 g/mol. The van der Waals surface area contributed by atoms with Gasteiger partial charge in [-0.3, -0.25) is 0 Å². The zero-order valence-corrected chi connectivity index (χ0v) is 8.43. The van der Waals surface area contributed by atoms with Crippen molar-refractivity contribution >= 4 is 33.6 Å². The number of nitrogens with zero attached hydrogens (tertiary/aromatic N) is 1. The first-order chi connectivity index (χ1) is 5.75. The second kappa shape index (κ2) is 4.30. The third-order valence-corrected chi connectivity index (χ3v) is 2.35. The Bertz CT molecular complexity index is 332. The molecule has 0 atom stereocenters. The zero-order chi connectivity index (χ0) is 8.97. The van der Waals surface area contributed by atoms with Gasteiger partial charge in [0.25, 0.3) is 0 Å². The maximum Gasteiger partial charge on any atom is 0.0912 e. The number of allylic oxidation sites excluding steroid dienone is 1. The first-order valence-electron chi connectivity index (χ1n) is 3.26. The summed E-state index contributed by atoms with van der Waals surface area (Å²) in [5, 5.41) is 8.95. The van der Waals surface area contributed by atoms with E-state index in [-0.39, 0.29) is 0 Å². The minimum absolute atomic E-state index is 0.635. The van der Waals surface area contributed by atoms with Crippen LogP contribution >= 0.6 is 27.5 Å². The van der Waals surface area contributed by atoms with Crippen LogP contribution in [0.4, 0.5) is 0 Å². The Labute approximate surface area is 84.4 Å². The maximum atomic E-state index is 8.31. The highest BCUT2D eigenvalue weighted by atomic mass is 79.9. The highest BCUT2D eigenvalue weighted by Crippen LogP contribution is 2.25. The van der Waals surface area contributed by atoms with Crippen molar-refractivity contribution < 1.29 is 0 Å². The van der Waals surface area contributed by atoms with Crippen molar-refractivity contribution in [2.75, 3.05) is 0 Å². The number of hydrogen-bond acceptors (Lipinski definition) is 1. The molecule has 3 heteroatoms. The van der Waals surface area contributed by atoms with Gasteiger partial charge >= 0.3 is 0 Å². The van der Waals surface area contributed by atoms with Crippen molar-refractivity contribution in [1.82, 2.24) is 0 Å². The van der Waals surface area contributed by atoms with E-state index in [0.717, 1.165) is 10.0 Å². The molecule has 1 rings (SSSR count). The van der Waals surface area contributed by atoms with Crippen LogP contribution in [-0.2, 0) is 0 Å². The third-order valence-electron chi connectivity index (χ3n) is 1.32. The van der Waals surface area contributed by atoms with Gasteiger partial charge in [0.1, 0.15) is 0 Å². The molecule has 0 aromatic heterocycles. The molecular weight excluding hydrogens is 237 g/mol. The van der Waals surface area contributed by atoms with E-state index >= 15 is 0 Å². The molecule has 12 heavy (non-hydrogen) atoms. The normalized spacial score (nSPS) is 10.1. The molecule has 0 fully saturated rings. The van der Waals surface area contributed by atoms with Gasteiger partial charge < -0.3 is 0 Å². The van der Waals surface area contributed by atoms with Crippen LogP contribution in [-0.4, -0.2) is 0 Å². The van der Waals surface area contributed by atoms with E-state index in [1.807, 2.05) is 18.2 Å². The van der Waals surface area contributed by atoms with E-state index < -0.39 is 0 Å². The van der Waals surface area contributed by atoms with Crippen LogP contribution in [0.15, 0.2) is 28.7 Å². The van der Waals surface area contributed by atoms with Gasteiger partial charge in [-0.05, 0) is 18.2 Å².